The molecule has 1 saturated heterocycles. The number of alkyl halides is 3. The van der Waals surface area contributed by atoms with Crippen LogP contribution in [0.25, 0.3) is 10.9 Å². The molecular formula is C19H19F4N5OS. The number of morpholine rings is 1. The summed E-state index contributed by atoms with van der Waals surface area (Å²) in [5, 5.41) is 2.63. The Morgan fingerprint density at radius 3 is 2.60 bits per heavy atom. The van der Waals surface area contributed by atoms with E-state index in [9.17, 15) is 17.6 Å². The number of ether oxygens (including phenoxy) is 1. The average molecular weight is 441 g/mol. The fourth-order valence-electron chi connectivity index (χ4n) is 3.51. The molecule has 1 fully saturated rings. The van der Waals surface area contributed by atoms with E-state index in [-0.39, 0.29) is 17.2 Å². The van der Waals surface area contributed by atoms with Gasteiger partial charge in [0.2, 0.25) is 0 Å². The molecule has 2 aromatic heterocycles. The summed E-state index contributed by atoms with van der Waals surface area (Å²) in [6, 6.07) is 4.04. The Morgan fingerprint density at radius 1 is 1.20 bits per heavy atom. The maximum absolute atomic E-state index is 13.8. The number of fused-ring (bicyclic) bond motifs is 1. The summed E-state index contributed by atoms with van der Waals surface area (Å²) in [6.45, 7) is 5.77. The lowest BCUT2D eigenvalue weighted by Gasteiger charge is -2.34. The number of nitrogens with zero attached hydrogens (tertiary/aromatic N) is 4. The molecule has 160 valence electrons. The zero-order valence-electron chi connectivity index (χ0n) is 16.2. The molecule has 1 aromatic carbocycles. The number of hydrogen-bond donors (Lipinski definition) is 1. The fraction of sp³-hybridized carbons (Fsp3) is 0.421. The molecule has 0 spiro atoms. The molecule has 0 bridgehead atoms. The number of thiazole rings is 1. The van der Waals surface area contributed by atoms with Crippen LogP contribution in [0.3, 0.4) is 0 Å². The Labute approximate surface area is 173 Å². The zero-order chi connectivity index (χ0) is 21.5. The van der Waals surface area contributed by atoms with Gasteiger partial charge in [0.25, 0.3) is 0 Å². The van der Waals surface area contributed by atoms with E-state index in [2.05, 4.69) is 25.2 Å². The molecule has 6 nitrogen and oxygen atoms in total. The van der Waals surface area contributed by atoms with E-state index in [0.29, 0.717) is 53.5 Å². The third kappa shape index (κ3) is 4.68. The number of halogens is 4. The second-order valence-corrected chi connectivity index (χ2v) is 8.28. The van der Waals surface area contributed by atoms with Gasteiger partial charge in [-0.25, -0.2) is 19.3 Å². The first-order valence-corrected chi connectivity index (χ1v) is 10.1. The predicted molar refractivity (Wildman–Crippen MR) is 105 cm³/mol. The van der Waals surface area contributed by atoms with Gasteiger partial charge in [0.15, 0.2) is 5.01 Å². The lowest BCUT2D eigenvalue weighted by molar-refractivity contribution is -0.137. The van der Waals surface area contributed by atoms with Crippen LogP contribution in [0.15, 0.2) is 24.4 Å². The molecule has 0 unspecified atom stereocenters. The van der Waals surface area contributed by atoms with Crippen LogP contribution < -0.4 is 5.32 Å². The molecule has 3 aromatic rings. The first kappa shape index (κ1) is 20.9. The van der Waals surface area contributed by atoms with Crippen LogP contribution in [-0.2, 0) is 17.5 Å². The third-order valence-corrected chi connectivity index (χ3v) is 5.51. The number of nitrogens with one attached hydrogen (secondary N) is 1. The molecule has 1 N–H and O–H groups in total. The molecule has 30 heavy (non-hydrogen) atoms. The van der Waals surface area contributed by atoms with E-state index in [1.165, 1.54) is 18.2 Å². The highest BCUT2D eigenvalue weighted by Gasteiger charge is 2.34. The molecule has 1 aliphatic heterocycles. The van der Waals surface area contributed by atoms with Gasteiger partial charge in [-0.1, -0.05) is 11.3 Å². The lowest BCUT2D eigenvalue weighted by atomic mass is 10.2. The summed E-state index contributed by atoms with van der Waals surface area (Å²) < 4.78 is 58.1. The Morgan fingerprint density at radius 2 is 1.93 bits per heavy atom. The highest BCUT2D eigenvalue weighted by Crippen LogP contribution is 2.36. The minimum atomic E-state index is -4.52. The van der Waals surface area contributed by atoms with Gasteiger partial charge >= 0.3 is 6.18 Å². The highest BCUT2D eigenvalue weighted by molar-refractivity contribution is 7.15. The van der Waals surface area contributed by atoms with E-state index in [4.69, 9.17) is 4.74 Å². The second kappa shape index (κ2) is 8.05. The molecule has 3 heterocycles. The maximum Gasteiger partial charge on any atom is 0.443 e. The number of aromatic nitrogens is 3. The van der Waals surface area contributed by atoms with Crippen molar-refractivity contribution < 1.29 is 22.3 Å². The molecule has 2 atom stereocenters. The van der Waals surface area contributed by atoms with E-state index in [1.807, 2.05) is 13.8 Å². The Kier molecular flexibility index (Phi) is 5.60. The zero-order valence-corrected chi connectivity index (χ0v) is 17.0. The largest absolute Gasteiger partial charge is 0.443 e. The molecule has 0 saturated carbocycles. The Balaban J connectivity index is 1.66. The van der Waals surface area contributed by atoms with E-state index >= 15 is 0 Å². The lowest BCUT2D eigenvalue weighted by Crippen LogP contribution is -2.45. The van der Waals surface area contributed by atoms with Gasteiger partial charge in [-0.05, 0) is 26.0 Å². The van der Waals surface area contributed by atoms with Gasteiger partial charge in [0.05, 0.1) is 30.5 Å². The summed E-state index contributed by atoms with van der Waals surface area (Å²) in [5.74, 6) is 0.294. The van der Waals surface area contributed by atoms with Crippen molar-refractivity contribution in [1.82, 2.24) is 19.9 Å². The van der Waals surface area contributed by atoms with Crippen LogP contribution in [0.1, 0.15) is 24.7 Å². The number of hydrogen-bond acceptors (Lipinski definition) is 7. The summed E-state index contributed by atoms with van der Waals surface area (Å²) in [4.78, 5) is 14.5. The third-order valence-electron chi connectivity index (χ3n) is 4.56. The molecule has 0 radical (unpaired) electrons. The van der Waals surface area contributed by atoms with Gasteiger partial charge in [-0.3, -0.25) is 4.90 Å². The second-order valence-electron chi connectivity index (χ2n) is 7.25. The number of rotatable bonds is 4. The van der Waals surface area contributed by atoms with Gasteiger partial charge in [0.1, 0.15) is 22.5 Å². The van der Waals surface area contributed by atoms with E-state index in [0.717, 1.165) is 6.20 Å². The number of anilines is 2. The van der Waals surface area contributed by atoms with Crippen LogP contribution in [0, 0.1) is 5.82 Å². The van der Waals surface area contributed by atoms with Crippen molar-refractivity contribution in [3.63, 3.8) is 0 Å². The summed E-state index contributed by atoms with van der Waals surface area (Å²) >= 11 is 0.480. The van der Waals surface area contributed by atoms with Gasteiger partial charge in [-0.15, -0.1) is 0 Å². The molecule has 4 rings (SSSR count). The van der Waals surface area contributed by atoms with Crippen molar-refractivity contribution in [3.05, 3.63) is 41.0 Å². The van der Waals surface area contributed by atoms with Crippen LogP contribution in [0.2, 0.25) is 0 Å². The molecule has 0 aliphatic carbocycles. The van der Waals surface area contributed by atoms with Crippen LogP contribution >= 0.6 is 11.3 Å². The van der Waals surface area contributed by atoms with Crippen molar-refractivity contribution in [2.75, 3.05) is 18.4 Å². The normalized spacial score (nSPS) is 20.6. The fourth-order valence-corrected chi connectivity index (χ4v) is 4.19. The first-order valence-electron chi connectivity index (χ1n) is 9.31. The number of benzene rings is 1. The predicted octanol–water partition coefficient (Wildman–Crippen LogP) is 4.60. The average Bonchev–Trinajstić information content (AvgIpc) is 3.09. The monoisotopic (exact) mass is 441 g/mol. The summed E-state index contributed by atoms with van der Waals surface area (Å²) in [5.41, 5.74) is 0.373. The minimum absolute atomic E-state index is 0.0576. The van der Waals surface area contributed by atoms with Gasteiger partial charge < -0.3 is 10.1 Å². The van der Waals surface area contributed by atoms with Crippen LogP contribution in [0.4, 0.5) is 28.4 Å². The van der Waals surface area contributed by atoms with Crippen LogP contribution in [-0.4, -0.2) is 45.1 Å². The van der Waals surface area contributed by atoms with Gasteiger partial charge in [0, 0.05) is 24.5 Å². The summed E-state index contributed by atoms with van der Waals surface area (Å²) in [7, 11) is 0. The van der Waals surface area contributed by atoms with Gasteiger partial charge in [-0.2, -0.15) is 13.2 Å². The van der Waals surface area contributed by atoms with E-state index < -0.39 is 17.0 Å². The topological polar surface area (TPSA) is 63.2 Å². The first-order chi connectivity index (χ1) is 14.2. The Hall–Kier alpha value is -2.37. The SMILES string of the molecule is C[C@@H]1CN(Cc2nc(Nc3cnc(C(F)(F)F)s3)c3ccc(F)cc3n2)C[C@H](C)O1. The quantitative estimate of drug-likeness (QED) is 0.598. The maximum atomic E-state index is 13.8. The van der Waals surface area contributed by atoms with Crippen LogP contribution in [0.5, 0.6) is 0 Å². The highest BCUT2D eigenvalue weighted by atomic mass is 32.1. The molecule has 1 aliphatic rings. The van der Waals surface area contributed by atoms with Crippen molar-refractivity contribution in [1.29, 1.82) is 0 Å². The minimum Gasteiger partial charge on any atom is -0.373 e. The standard InChI is InChI=1S/C19H19F4N5OS/c1-10-7-28(8-11(2)29-10)9-15-25-14-5-12(20)3-4-13(14)17(26-15)27-16-6-24-18(30-16)19(21,22)23/h3-6,10-11H,7-9H2,1-2H3,(H,25,26,27)/t10-,11+. The smallest absolute Gasteiger partial charge is 0.373 e. The van der Waals surface area contributed by atoms with Crippen molar-refractivity contribution >= 4 is 33.1 Å². The Bertz CT molecular complexity index is 1050. The van der Waals surface area contributed by atoms with Crippen molar-refractivity contribution in [3.8, 4) is 0 Å². The van der Waals surface area contributed by atoms with Crippen molar-refractivity contribution in [2.24, 2.45) is 0 Å². The molecule has 0 amide bonds. The van der Waals surface area contributed by atoms with Crippen molar-refractivity contribution in [2.45, 2.75) is 38.8 Å². The van der Waals surface area contributed by atoms with E-state index in [1.54, 1.807) is 0 Å². The molecule has 11 heteroatoms. The summed E-state index contributed by atoms with van der Waals surface area (Å²) in [6.07, 6.45) is -3.30. The molecular weight excluding hydrogens is 422 g/mol.